The molecule has 1 N–H and O–H groups in total. The molecule has 1 aromatic heterocycles. The van der Waals surface area contributed by atoms with Crippen LogP contribution < -0.4 is 0 Å². The van der Waals surface area contributed by atoms with Gasteiger partial charge in [-0.3, -0.25) is 0 Å². The first-order chi connectivity index (χ1) is 6.17. The van der Waals surface area contributed by atoms with Crippen LogP contribution in [0.2, 0.25) is 0 Å². The number of furan rings is 1. The Morgan fingerprint density at radius 1 is 1.46 bits per heavy atom. The van der Waals surface area contributed by atoms with E-state index in [9.17, 15) is 5.11 Å². The fourth-order valence-corrected chi connectivity index (χ4v) is 0.861. The Labute approximate surface area is 79.6 Å². The third kappa shape index (κ3) is 3.35. The standard InChI is InChI=1S/C9H10O2.C2H6/c1-3-6-9(2,10)8-5-4-7-11-8;1-2/h4-5,7,10H,1-2H3;1-2H3. The van der Waals surface area contributed by atoms with Crippen LogP contribution in [-0.2, 0) is 5.60 Å². The first-order valence-corrected chi connectivity index (χ1v) is 4.37. The Hall–Kier alpha value is -1.20. The van der Waals surface area contributed by atoms with E-state index in [1.807, 2.05) is 13.8 Å². The molecule has 72 valence electrons. The summed E-state index contributed by atoms with van der Waals surface area (Å²) in [5.74, 6) is 5.75. The lowest BCUT2D eigenvalue weighted by Gasteiger charge is -2.11. The predicted octanol–water partition coefficient (Wildman–Crippen LogP) is 2.54. The molecule has 1 unspecified atom stereocenters. The SMILES string of the molecule is CC.CC#CC(C)(O)c1ccco1. The van der Waals surface area contributed by atoms with Gasteiger partial charge in [-0.2, -0.15) is 0 Å². The molecule has 0 amide bonds. The first-order valence-electron chi connectivity index (χ1n) is 4.37. The van der Waals surface area contributed by atoms with E-state index in [2.05, 4.69) is 11.8 Å². The van der Waals surface area contributed by atoms with Crippen LogP contribution in [0.5, 0.6) is 0 Å². The van der Waals surface area contributed by atoms with E-state index in [0.29, 0.717) is 5.76 Å². The largest absolute Gasteiger partial charge is 0.465 e. The molecule has 2 heteroatoms. The normalized spacial score (nSPS) is 13.0. The maximum atomic E-state index is 9.61. The van der Waals surface area contributed by atoms with E-state index in [0.717, 1.165) is 0 Å². The van der Waals surface area contributed by atoms with Crippen LogP contribution in [-0.4, -0.2) is 5.11 Å². The molecule has 13 heavy (non-hydrogen) atoms. The molecule has 0 saturated heterocycles. The fourth-order valence-electron chi connectivity index (χ4n) is 0.861. The summed E-state index contributed by atoms with van der Waals surface area (Å²) in [6.07, 6.45) is 1.52. The molecule has 2 nitrogen and oxygen atoms in total. The van der Waals surface area contributed by atoms with Gasteiger partial charge >= 0.3 is 0 Å². The van der Waals surface area contributed by atoms with E-state index >= 15 is 0 Å². The third-order valence-electron chi connectivity index (χ3n) is 1.37. The quantitative estimate of drug-likeness (QED) is 0.674. The zero-order valence-corrected chi connectivity index (χ0v) is 8.59. The van der Waals surface area contributed by atoms with E-state index < -0.39 is 5.60 Å². The number of hydrogen-bond acceptors (Lipinski definition) is 2. The maximum absolute atomic E-state index is 9.61. The van der Waals surface area contributed by atoms with Gasteiger partial charge in [-0.15, -0.1) is 5.92 Å². The Morgan fingerprint density at radius 3 is 2.46 bits per heavy atom. The van der Waals surface area contributed by atoms with Gasteiger partial charge in [-0.1, -0.05) is 19.8 Å². The lowest BCUT2D eigenvalue weighted by atomic mass is 10.1. The minimum atomic E-state index is -1.15. The van der Waals surface area contributed by atoms with Crippen molar-refractivity contribution in [1.29, 1.82) is 0 Å². The molecule has 1 rings (SSSR count). The summed E-state index contributed by atoms with van der Waals surface area (Å²) in [6, 6.07) is 3.42. The molecular formula is C11H16O2. The topological polar surface area (TPSA) is 33.4 Å². The Kier molecular flexibility index (Phi) is 4.94. The second-order valence-corrected chi connectivity index (χ2v) is 2.42. The van der Waals surface area contributed by atoms with Gasteiger partial charge < -0.3 is 9.52 Å². The molecule has 0 saturated carbocycles. The minimum absolute atomic E-state index is 0.479. The van der Waals surface area contributed by atoms with Gasteiger partial charge in [0, 0.05) is 0 Å². The summed E-state index contributed by atoms with van der Waals surface area (Å²) in [6.45, 7) is 7.28. The summed E-state index contributed by atoms with van der Waals surface area (Å²) in [7, 11) is 0. The van der Waals surface area contributed by atoms with Crippen LogP contribution in [0, 0.1) is 11.8 Å². The van der Waals surface area contributed by atoms with Gasteiger partial charge in [0.05, 0.1) is 6.26 Å². The average Bonchev–Trinajstić information content (AvgIpc) is 2.60. The molecule has 0 fully saturated rings. The molecule has 0 bridgehead atoms. The zero-order valence-electron chi connectivity index (χ0n) is 8.59. The molecule has 1 heterocycles. The highest BCUT2D eigenvalue weighted by Gasteiger charge is 2.22. The molecule has 1 atom stereocenters. The van der Waals surface area contributed by atoms with Crippen LogP contribution in [0.15, 0.2) is 22.8 Å². The summed E-state index contributed by atoms with van der Waals surface area (Å²) >= 11 is 0. The summed E-state index contributed by atoms with van der Waals surface area (Å²) < 4.78 is 5.00. The van der Waals surface area contributed by atoms with Gasteiger partial charge in [0.25, 0.3) is 0 Å². The highest BCUT2D eigenvalue weighted by molar-refractivity contribution is 5.21. The van der Waals surface area contributed by atoms with Crippen molar-refractivity contribution in [1.82, 2.24) is 0 Å². The molecule has 1 aromatic rings. The Morgan fingerprint density at radius 2 is 2.08 bits per heavy atom. The predicted molar refractivity (Wildman–Crippen MR) is 53.1 cm³/mol. The van der Waals surface area contributed by atoms with E-state index in [4.69, 9.17) is 4.42 Å². The van der Waals surface area contributed by atoms with Gasteiger partial charge in [0.2, 0.25) is 0 Å². The molecule has 0 aliphatic carbocycles. The monoisotopic (exact) mass is 180 g/mol. The second kappa shape index (κ2) is 5.45. The molecule has 0 radical (unpaired) electrons. The summed E-state index contributed by atoms with van der Waals surface area (Å²) in [4.78, 5) is 0. The Bertz CT molecular complexity index is 273. The molecule has 0 aliphatic heterocycles. The lowest BCUT2D eigenvalue weighted by molar-refractivity contribution is 0.0954. The van der Waals surface area contributed by atoms with Crippen molar-refractivity contribution >= 4 is 0 Å². The van der Waals surface area contributed by atoms with E-state index in [-0.39, 0.29) is 0 Å². The van der Waals surface area contributed by atoms with Gasteiger partial charge in [0.15, 0.2) is 5.60 Å². The van der Waals surface area contributed by atoms with Crippen LogP contribution in [0.4, 0.5) is 0 Å². The summed E-state index contributed by atoms with van der Waals surface area (Å²) in [5.41, 5.74) is -1.15. The smallest absolute Gasteiger partial charge is 0.180 e. The number of rotatable bonds is 1. The molecule has 0 spiro atoms. The Balaban J connectivity index is 0.000000671. The lowest BCUT2D eigenvalue weighted by Crippen LogP contribution is -2.17. The van der Waals surface area contributed by atoms with Crippen LogP contribution in [0.25, 0.3) is 0 Å². The van der Waals surface area contributed by atoms with Crippen molar-refractivity contribution in [3.05, 3.63) is 24.2 Å². The second-order valence-electron chi connectivity index (χ2n) is 2.42. The zero-order chi connectivity index (χ0) is 10.3. The number of aliphatic hydroxyl groups is 1. The van der Waals surface area contributed by atoms with Gasteiger partial charge in [-0.25, -0.2) is 0 Å². The highest BCUT2D eigenvalue weighted by Crippen LogP contribution is 2.19. The first kappa shape index (κ1) is 11.8. The summed E-state index contributed by atoms with van der Waals surface area (Å²) in [5, 5.41) is 9.61. The van der Waals surface area contributed by atoms with E-state index in [1.54, 1.807) is 26.0 Å². The van der Waals surface area contributed by atoms with Gasteiger partial charge in [-0.05, 0) is 26.0 Å². The average molecular weight is 180 g/mol. The fraction of sp³-hybridized carbons (Fsp3) is 0.455. The molecule has 0 aliphatic rings. The van der Waals surface area contributed by atoms with Crippen molar-refractivity contribution in [3.63, 3.8) is 0 Å². The third-order valence-corrected chi connectivity index (χ3v) is 1.37. The van der Waals surface area contributed by atoms with Crippen molar-refractivity contribution in [2.75, 3.05) is 0 Å². The maximum Gasteiger partial charge on any atom is 0.180 e. The van der Waals surface area contributed by atoms with E-state index in [1.165, 1.54) is 6.26 Å². The van der Waals surface area contributed by atoms with Crippen LogP contribution in [0.1, 0.15) is 33.5 Å². The van der Waals surface area contributed by atoms with Gasteiger partial charge in [0.1, 0.15) is 5.76 Å². The van der Waals surface area contributed by atoms with Crippen molar-refractivity contribution in [2.24, 2.45) is 0 Å². The highest BCUT2D eigenvalue weighted by atomic mass is 16.4. The molecular weight excluding hydrogens is 164 g/mol. The van der Waals surface area contributed by atoms with Crippen molar-refractivity contribution in [3.8, 4) is 11.8 Å². The minimum Gasteiger partial charge on any atom is -0.465 e. The number of hydrogen-bond donors (Lipinski definition) is 1. The van der Waals surface area contributed by atoms with Crippen molar-refractivity contribution in [2.45, 2.75) is 33.3 Å². The van der Waals surface area contributed by atoms with Crippen LogP contribution in [0.3, 0.4) is 0 Å². The van der Waals surface area contributed by atoms with Crippen molar-refractivity contribution < 1.29 is 9.52 Å². The molecule has 0 aromatic carbocycles. The van der Waals surface area contributed by atoms with Crippen LogP contribution >= 0.6 is 0 Å².